The molecule has 0 atom stereocenters. The molecule has 26 heavy (non-hydrogen) atoms. The van der Waals surface area contributed by atoms with Crippen LogP contribution in [-0.2, 0) is 11.2 Å². The van der Waals surface area contributed by atoms with Crippen molar-refractivity contribution in [3.05, 3.63) is 88.8 Å². The van der Waals surface area contributed by atoms with Crippen molar-refractivity contribution in [3.8, 4) is 0 Å². The van der Waals surface area contributed by atoms with Crippen molar-refractivity contribution in [2.75, 3.05) is 6.54 Å². The van der Waals surface area contributed by atoms with Crippen LogP contribution in [0.1, 0.15) is 40.5 Å². The Kier molecular flexibility index (Phi) is 5.84. The van der Waals surface area contributed by atoms with E-state index >= 15 is 0 Å². The van der Waals surface area contributed by atoms with Crippen molar-refractivity contribution in [2.45, 2.75) is 32.6 Å². The maximum atomic E-state index is 12.3. The summed E-state index contributed by atoms with van der Waals surface area (Å²) in [7, 11) is 0. The molecule has 0 radical (unpaired) electrons. The van der Waals surface area contributed by atoms with Crippen molar-refractivity contribution in [1.82, 2.24) is 10.5 Å². The van der Waals surface area contributed by atoms with E-state index in [0.29, 0.717) is 18.7 Å². The van der Waals surface area contributed by atoms with Gasteiger partial charge in [-0.1, -0.05) is 65.8 Å². The van der Waals surface area contributed by atoms with Gasteiger partial charge in [-0.15, -0.1) is 0 Å². The summed E-state index contributed by atoms with van der Waals surface area (Å²) in [6.45, 7) is 4.32. The van der Waals surface area contributed by atoms with E-state index in [1.807, 2.05) is 26.0 Å². The Morgan fingerprint density at radius 1 is 1.00 bits per heavy atom. The number of benzene rings is 2. The van der Waals surface area contributed by atoms with Gasteiger partial charge in [0, 0.05) is 18.0 Å². The molecule has 1 heterocycles. The van der Waals surface area contributed by atoms with Gasteiger partial charge in [0.05, 0.1) is 12.1 Å². The lowest BCUT2D eigenvalue weighted by atomic mass is 9.88. The first kappa shape index (κ1) is 17.9. The Morgan fingerprint density at radius 2 is 1.58 bits per heavy atom. The van der Waals surface area contributed by atoms with Crippen molar-refractivity contribution in [3.63, 3.8) is 0 Å². The van der Waals surface area contributed by atoms with Crippen LogP contribution in [0, 0.1) is 13.8 Å². The Morgan fingerprint density at radius 3 is 2.08 bits per heavy atom. The van der Waals surface area contributed by atoms with Gasteiger partial charge < -0.3 is 9.84 Å². The number of carbonyl (C=O) groups is 1. The molecule has 1 amide bonds. The van der Waals surface area contributed by atoms with E-state index in [4.69, 9.17) is 4.52 Å². The maximum Gasteiger partial charge on any atom is 0.224 e. The number of carbonyl (C=O) groups excluding carboxylic acids is 1. The molecule has 0 aliphatic rings. The Labute approximate surface area is 154 Å². The molecule has 0 aliphatic heterocycles. The summed E-state index contributed by atoms with van der Waals surface area (Å²) in [5.74, 6) is 0.972. The first-order chi connectivity index (χ1) is 12.6. The van der Waals surface area contributed by atoms with Crippen molar-refractivity contribution in [1.29, 1.82) is 0 Å². The number of rotatable bonds is 7. The minimum atomic E-state index is -0.000673. The smallest absolute Gasteiger partial charge is 0.224 e. The molecule has 0 saturated heterocycles. The van der Waals surface area contributed by atoms with Crippen LogP contribution >= 0.6 is 0 Å². The van der Waals surface area contributed by atoms with Gasteiger partial charge in [0.2, 0.25) is 5.91 Å². The normalized spacial score (nSPS) is 10.9. The second kappa shape index (κ2) is 8.48. The zero-order valence-corrected chi connectivity index (χ0v) is 15.2. The average Bonchev–Trinajstić information content (AvgIpc) is 2.98. The van der Waals surface area contributed by atoms with E-state index in [1.54, 1.807) is 0 Å². The average molecular weight is 348 g/mol. The van der Waals surface area contributed by atoms with Gasteiger partial charge in [0.1, 0.15) is 5.76 Å². The minimum absolute atomic E-state index is 0.000673. The summed E-state index contributed by atoms with van der Waals surface area (Å²) in [4.78, 5) is 12.3. The Hall–Kier alpha value is -2.88. The predicted molar refractivity (Wildman–Crippen MR) is 102 cm³/mol. The summed E-state index contributed by atoms with van der Waals surface area (Å²) in [6, 6.07) is 20.8. The topological polar surface area (TPSA) is 55.1 Å². The molecule has 1 aromatic heterocycles. The number of aromatic nitrogens is 1. The molecular formula is C22H24N2O2. The van der Waals surface area contributed by atoms with Crippen LogP contribution in [0.25, 0.3) is 0 Å². The van der Waals surface area contributed by atoms with Gasteiger partial charge in [0.25, 0.3) is 0 Å². The summed E-state index contributed by atoms with van der Waals surface area (Å²) < 4.78 is 5.12. The molecule has 3 rings (SSSR count). The number of hydrogen-bond acceptors (Lipinski definition) is 3. The number of aryl methyl sites for hydroxylation is 2. The van der Waals surface area contributed by atoms with Crippen LogP contribution in [0.3, 0.4) is 0 Å². The predicted octanol–water partition coefficient (Wildman–Crippen LogP) is 4.17. The summed E-state index contributed by atoms with van der Waals surface area (Å²) in [6.07, 6.45) is 1.16. The third-order valence-electron chi connectivity index (χ3n) is 4.68. The molecule has 0 fully saturated rings. The van der Waals surface area contributed by atoms with Crippen LogP contribution < -0.4 is 5.32 Å². The molecule has 0 bridgehead atoms. The molecule has 0 aliphatic carbocycles. The molecule has 2 aromatic carbocycles. The monoisotopic (exact) mass is 348 g/mol. The van der Waals surface area contributed by atoms with Crippen LogP contribution in [0.15, 0.2) is 65.2 Å². The molecule has 0 saturated carbocycles. The lowest BCUT2D eigenvalue weighted by molar-refractivity contribution is -0.120. The zero-order chi connectivity index (χ0) is 18.4. The maximum absolute atomic E-state index is 12.3. The summed E-state index contributed by atoms with van der Waals surface area (Å²) in [5.41, 5.74) is 4.19. The number of nitrogens with one attached hydrogen (secondary N) is 1. The highest BCUT2D eigenvalue weighted by molar-refractivity contribution is 5.78. The minimum Gasteiger partial charge on any atom is -0.361 e. The van der Waals surface area contributed by atoms with Crippen molar-refractivity contribution >= 4 is 5.91 Å². The van der Waals surface area contributed by atoms with E-state index in [2.05, 4.69) is 59.0 Å². The highest BCUT2D eigenvalue weighted by Crippen LogP contribution is 2.27. The molecule has 0 spiro atoms. The molecule has 1 N–H and O–H groups in total. The lowest BCUT2D eigenvalue weighted by Gasteiger charge is -2.18. The second-order valence-electron chi connectivity index (χ2n) is 6.49. The highest BCUT2D eigenvalue weighted by atomic mass is 16.5. The van der Waals surface area contributed by atoms with Gasteiger partial charge in [-0.25, -0.2) is 0 Å². The molecule has 3 aromatic rings. The van der Waals surface area contributed by atoms with Crippen molar-refractivity contribution < 1.29 is 9.32 Å². The van der Waals surface area contributed by atoms with Gasteiger partial charge in [-0.3, -0.25) is 4.79 Å². The summed E-state index contributed by atoms with van der Waals surface area (Å²) >= 11 is 0. The summed E-state index contributed by atoms with van der Waals surface area (Å²) in [5, 5.41) is 6.94. The standard InChI is InChI=1S/C22H24N2O2/c1-16-21(17(2)26-24-16)15-22(25)23-14-13-20(18-9-5-3-6-10-18)19-11-7-4-8-12-19/h3-12,20H,13-15H2,1-2H3,(H,23,25). The van der Waals surface area contributed by atoms with E-state index < -0.39 is 0 Å². The molecule has 0 unspecified atom stereocenters. The fourth-order valence-electron chi connectivity index (χ4n) is 3.23. The van der Waals surface area contributed by atoms with E-state index in [1.165, 1.54) is 11.1 Å². The third-order valence-corrected chi connectivity index (χ3v) is 4.68. The van der Waals surface area contributed by atoms with Gasteiger partial charge in [0.15, 0.2) is 0 Å². The van der Waals surface area contributed by atoms with Crippen LogP contribution in [-0.4, -0.2) is 17.6 Å². The fraction of sp³-hybridized carbons (Fsp3) is 0.273. The molecule has 4 heteroatoms. The largest absolute Gasteiger partial charge is 0.361 e. The zero-order valence-electron chi connectivity index (χ0n) is 15.2. The fourth-order valence-corrected chi connectivity index (χ4v) is 3.23. The number of hydrogen-bond donors (Lipinski definition) is 1. The number of nitrogens with zero attached hydrogens (tertiary/aromatic N) is 1. The van der Waals surface area contributed by atoms with Gasteiger partial charge in [-0.2, -0.15) is 0 Å². The van der Waals surface area contributed by atoms with Crippen molar-refractivity contribution in [2.24, 2.45) is 0 Å². The van der Waals surface area contributed by atoms with E-state index in [9.17, 15) is 4.79 Å². The van der Waals surface area contributed by atoms with Gasteiger partial charge in [-0.05, 0) is 31.4 Å². The van der Waals surface area contributed by atoms with Crippen LogP contribution in [0.2, 0.25) is 0 Å². The molecular weight excluding hydrogens is 324 g/mol. The van der Waals surface area contributed by atoms with E-state index in [-0.39, 0.29) is 11.8 Å². The first-order valence-electron chi connectivity index (χ1n) is 8.93. The Balaban J connectivity index is 1.62. The lowest BCUT2D eigenvalue weighted by Crippen LogP contribution is -2.27. The SMILES string of the molecule is Cc1noc(C)c1CC(=O)NCCC(c1ccccc1)c1ccccc1. The Bertz CT molecular complexity index is 782. The molecule has 4 nitrogen and oxygen atoms in total. The first-order valence-corrected chi connectivity index (χ1v) is 8.93. The third kappa shape index (κ3) is 4.39. The van der Waals surface area contributed by atoms with E-state index in [0.717, 1.165) is 17.7 Å². The van der Waals surface area contributed by atoms with Crippen LogP contribution in [0.5, 0.6) is 0 Å². The quantitative estimate of drug-likeness (QED) is 0.697. The van der Waals surface area contributed by atoms with Gasteiger partial charge >= 0.3 is 0 Å². The van der Waals surface area contributed by atoms with Crippen LogP contribution in [0.4, 0.5) is 0 Å². The highest BCUT2D eigenvalue weighted by Gasteiger charge is 2.16. The molecule has 134 valence electrons. The number of amides is 1. The second-order valence-corrected chi connectivity index (χ2v) is 6.49.